The smallest absolute Gasteiger partial charge is 0.411 e. The number of benzene rings is 1. The predicted octanol–water partition coefficient (Wildman–Crippen LogP) is 2.47. The van der Waals surface area contributed by atoms with Crippen LogP contribution in [-0.4, -0.2) is 20.3 Å². The third kappa shape index (κ3) is 1.94. The SMILES string of the molecule is c1ccc(C2CC2B2OCCCO2)cc1. The van der Waals surface area contributed by atoms with Gasteiger partial charge in [0.05, 0.1) is 0 Å². The molecular weight excluding hydrogens is 187 g/mol. The Kier molecular flexibility index (Phi) is 2.51. The molecule has 0 aromatic heterocycles. The first-order valence-corrected chi connectivity index (χ1v) is 5.73. The van der Waals surface area contributed by atoms with Gasteiger partial charge in [0.2, 0.25) is 0 Å². The predicted molar refractivity (Wildman–Crippen MR) is 59.8 cm³/mol. The van der Waals surface area contributed by atoms with E-state index in [9.17, 15) is 0 Å². The zero-order valence-corrected chi connectivity index (χ0v) is 8.76. The van der Waals surface area contributed by atoms with E-state index in [1.807, 2.05) is 0 Å². The first-order valence-electron chi connectivity index (χ1n) is 5.73. The fourth-order valence-corrected chi connectivity index (χ4v) is 2.35. The van der Waals surface area contributed by atoms with Gasteiger partial charge in [0.15, 0.2) is 0 Å². The summed E-state index contributed by atoms with van der Waals surface area (Å²) in [5.41, 5.74) is 1.43. The minimum Gasteiger partial charge on any atom is -0.411 e. The van der Waals surface area contributed by atoms with Crippen LogP contribution in [0.25, 0.3) is 0 Å². The Hall–Kier alpha value is -0.795. The molecule has 1 aliphatic carbocycles. The van der Waals surface area contributed by atoms with Gasteiger partial charge in [-0.05, 0) is 24.3 Å². The molecule has 2 aliphatic rings. The fourth-order valence-electron chi connectivity index (χ4n) is 2.35. The van der Waals surface area contributed by atoms with Crippen LogP contribution in [0.2, 0.25) is 5.82 Å². The highest BCUT2D eigenvalue weighted by atomic mass is 16.6. The van der Waals surface area contributed by atoms with Crippen molar-refractivity contribution < 1.29 is 9.31 Å². The van der Waals surface area contributed by atoms with Crippen LogP contribution >= 0.6 is 0 Å². The monoisotopic (exact) mass is 202 g/mol. The van der Waals surface area contributed by atoms with Gasteiger partial charge in [0.1, 0.15) is 0 Å². The number of hydrogen-bond donors (Lipinski definition) is 0. The molecule has 0 radical (unpaired) electrons. The third-order valence-corrected chi connectivity index (χ3v) is 3.27. The van der Waals surface area contributed by atoms with E-state index in [0.717, 1.165) is 19.6 Å². The zero-order valence-electron chi connectivity index (χ0n) is 8.76. The van der Waals surface area contributed by atoms with Crippen LogP contribution in [0.3, 0.4) is 0 Å². The van der Waals surface area contributed by atoms with Gasteiger partial charge in [-0.15, -0.1) is 0 Å². The lowest BCUT2D eigenvalue weighted by Gasteiger charge is -2.19. The van der Waals surface area contributed by atoms with Gasteiger partial charge < -0.3 is 9.31 Å². The molecule has 0 spiro atoms. The van der Waals surface area contributed by atoms with Crippen LogP contribution in [0.15, 0.2) is 30.3 Å². The minimum absolute atomic E-state index is 0.0592. The molecule has 3 heteroatoms. The molecule has 0 bridgehead atoms. The first kappa shape index (κ1) is 9.43. The molecule has 0 N–H and O–H groups in total. The molecule has 3 rings (SSSR count). The van der Waals surface area contributed by atoms with Gasteiger partial charge >= 0.3 is 7.12 Å². The molecule has 0 amide bonds. The standard InChI is InChI=1S/C12H15BO2/c1-2-5-10(6-3-1)11-9-12(11)13-14-7-4-8-15-13/h1-3,5-6,11-12H,4,7-9H2. The summed E-state index contributed by atoms with van der Waals surface area (Å²) in [5, 5.41) is 0. The van der Waals surface area contributed by atoms with Crippen LogP contribution in [-0.2, 0) is 9.31 Å². The van der Waals surface area contributed by atoms with E-state index in [-0.39, 0.29) is 7.12 Å². The molecule has 2 atom stereocenters. The van der Waals surface area contributed by atoms with Crippen molar-refractivity contribution in [2.24, 2.45) is 0 Å². The lowest BCUT2D eigenvalue weighted by molar-refractivity contribution is 0.132. The van der Waals surface area contributed by atoms with Crippen LogP contribution in [0, 0.1) is 0 Å². The van der Waals surface area contributed by atoms with E-state index in [4.69, 9.17) is 9.31 Å². The Morgan fingerprint density at radius 1 is 1.07 bits per heavy atom. The van der Waals surface area contributed by atoms with Crippen molar-refractivity contribution in [3.05, 3.63) is 35.9 Å². The maximum Gasteiger partial charge on any atom is 0.460 e. The fraction of sp³-hybridized carbons (Fsp3) is 0.500. The summed E-state index contributed by atoms with van der Waals surface area (Å²) >= 11 is 0. The largest absolute Gasteiger partial charge is 0.460 e. The molecule has 2 nitrogen and oxygen atoms in total. The molecule has 1 saturated heterocycles. The van der Waals surface area contributed by atoms with Gasteiger partial charge in [0, 0.05) is 19.0 Å². The molecule has 1 saturated carbocycles. The van der Waals surface area contributed by atoms with E-state index in [1.165, 1.54) is 12.0 Å². The lowest BCUT2D eigenvalue weighted by atomic mass is 9.78. The van der Waals surface area contributed by atoms with Crippen LogP contribution in [0.4, 0.5) is 0 Å². The van der Waals surface area contributed by atoms with Gasteiger partial charge in [-0.2, -0.15) is 0 Å². The van der Waals surface area contributed by atoms with Crippen molar-refractivity contribution in [3.63, 3.8) is 0 Å². The molecule has 1 aromatic carbocycles. The van der Waals surface area contributed by atoms with Crippen LogP contribution in [0.5, 0.6) is 0 Å². The van der Waals surface area contributed by atoms with Crippen LogP contribution < -0.4 is 0 Å². The Balaban J connectivity index is 1.64. The average Bonchev–Trinajstić information content (AvgIpc) is 3.11. The summed E-state index contributed by atoms with van der Waals surface area (Å²) in [6.45, 7) is 1.73. The summed E-state index contributed by atoms with van der Waals surface area (Å²) in [6, 6.07) is 10.7. The van der Waals surface area contributed by atoms with Crippen molar-refractivity contribution in [1.29, 1.82) is 0 Å². The number of rotatable bonds is 2. The van der Waals surface area contributed by atoms with E-state index in [1.54, 1.807) is 0 Å². The molecule has 2 unspecified atom stereocenters. The van der Waals surface area contributed by atoms with E-state index in [2.05, 4.69) is 30.3 Å². The van der Waals surface area contributed by atoms with Crippen molar-refractivity contribution in [2.45, 2.75) is 24.6 Å². The van der Waals surface area contributed by atoms with Gasteiger partial charge in [0.25, 0.3) is 0 Å². The lowest BCUT2D eigenvalue weighted by Crippen LogP contribution is -2.30. The first-order chi connectivity index (χ1) is 7.45. The Bertz CT molecular complexity index is 322. The Morgan fingerprint density at radius 3 is 2.53 bits per heavy atom. The summed E-state index contributed by atoms with van der Waals surface area (Å²) in [4.78, 5) is 0. The van der Waals surface area contributed by atoms with E-state index in [0.29, 0.717) is 11.7 Å². The molecular formula is C12H15BO2. The highest BCUT2D eigenvalue weighted by Gasteiger charge is 2.49. The molecule has 2 fully saturated rings. The second-order valence-corrected chi connectivity index (χ2v) is 4.38. The zero-order chi connectivity index (χ0) is 10.1. The third-order valence-electron chi connectivity index (χ3n) is 3.27. The maximum atomic E-state index is 5.63. The summed E-state index contributed by atoms with van der Waals surface area (Å²) in [6.07, 6.45) is 2.26. The normalized spacial score (nSPS) is 30.3. The molecule has 1 aromatic rings. The maximum absolute atomic E-state index is 5.63. The summed E-state index contributed by atoms with van der Waals surface area (Å²) in [5.74, 6) is 1.25. The summed E-state index contributed by atoms with van der Waals surface area (Å²) in [7, 11) is 0.0592. The van der Waals surface area contributed by atoms with Crippen molar-refractivity contribution in [1.82, 2.24) is 0 Å². The molecule has 78 valence electrons. The quantitative estimate of drug-likeness (QED) is 0.685. The van der Waals surface area contributed by atoms with Gasteiger partial charge in [-0.25, -0.2) is 0 Å². The van der Waals surface area contributed by atoms with E-state index < -0.39 is 0 Å². The van der Waals surface area contributed by atoms with Crippen molar-refractivity contribution >= 4 is 7.12 Å². The minimum atomic E-state index is 0.0592. The average molecular weight is 202 g/mol. The van der Waals surface area contributed by atoms with Crippen LogP contribution in [0.1, 0.15) is 24.3 Å². The van der Waals surface area contributed by atoms with E-state index >= 15 is 0 Å². The molecule has 15 heavy (non-hydrogen) atoms. The highest BCUT2D eigenvalue weighted by Crippen LogP contribution is 2.55. The second kappa shape index (κ2) is 3.99. The van der Waals surface area contributed by atoms with Crippen molar-refractivity contribution in [3.8, 4) is 0 Å². The Labute approximate surface area is 90.7 Å². The second-order valence-electron chi connectivity index (χ2n) is 4.38. The Morgan fingerprint density at radius 2 is 1.80 bits per heavy atom. The highest BCUT2D eigenvalue weighted by molar-refractivity contribution is 6.48. The van der Waals surface area contributed by atoms with Crippen molar-refractivity contribution in [2.75, 3.05) is 13.2 Å². The topological polar surface area (TPSA) is 18.5 Å². The summed E-state index contributed by atoms with van der Waals surface area (Å²) < 4.78 is 11.3. The van der Waals surface area contributed by atoms with Gasteiger partial charge in [-0.3, -0.25) is 0 Å². The molecule has 1 heterocycles. The number of hydrogen-bond acceptors (Lipinski definition) is 2. The molecule has 1 aliphatic heterocycles. The van der Waals surface area contributed by atoms with Gasteiger partial charge in [-0.1, -0.05) is 30.3 Å².